The molecular formula is C13H9ClN4O2. The number of fused-ring (bicyclic) bond motifs is 1. The molecule has 0 saturated heterocycles. The van der Waals surface area contributed by atoms with Crippen LogP contribution in [0.4, 0.5) is 0 Å². The van der Waals surface area contributed by atoms with Gasteiger partial charge in [0.1, 0.15) is 11.5 Å². The zero-order valence-corrected chi connectivity index (χ0v) is 11.2. The van der Waals surface area contributed by atoms with Gasteiger partial charge in [-0.25, -0.2) is 19.7 Å². The molecule has 3 rings (SSSR count). The number of aromatic nitrogens is 4. The fraction of sp³-hybridized carbons (Fsp3) is 0.0769. The maximum absolute atomic E-state index is 11.1. The standard InChI is InChI=1S/C13H9ClN4O2/c1-7-4-9(8-2-3-10(14)15-5-8)17-12-11(13(19)20)16-6-18(7)12/h2-6H,1H3,(H,19,20). The summed E-state index contributed by atoms with van der Waals surface area (Å²) >= 11 is 5.75. The number of hydrogen-bond donors (Lipinski definition) is 1. The van der Waals surface area contributed by atoms with E-state index in [2.05, 4.69) is 15.0 Å². The molecule has 0 bridgehead atoms. The van der Waals surface area contributed by atoms with E-state index in [1.807, 2.05) is 13.0 Å². The number of imidazole rings is 1. The van der Waals surface area contributed by atoms with E-state index in [9.17, 15) is 4.79 Å². The number of nitrogens with zero attached hydrogens (tertiary/aromatic N) is 4. The summed E-state index contributed by atoms with van der Waals surface area (Å²) < 4.78 is 1.64. The first kappa shape index (κ1) is 12.6. The van der Waals surface area contributed by atoms with E-state index in [0.29, 0.717) is 16.5 Å². The Kier molecular flexibility index (Phi) is 2.87. The quantitative estimate of drug-likeness (QED) is 0.733. The Hall–Kier alpha value is -2.47. The first-order valence-electron chi connectivity index (χ1n) is 5.76. The third-order valence-corrected chi connectivity index (χ3v) is 3.14. The highest BCUT2D eigenvalue weighted by Crippen LogP contribution is 2.21. The molecule has 6 nitrogen and oxygen atoms in total. The van der Waals surface area contributed by atoms with E-state index in [1.165, 1.54) is 6.33 Å². The van der Waals surface area contributed by atoms with Gasteiger partial charge in [0.15, 0.2) is 11.3 Å². The Balaban J connectivity index is 2.24. The average molecular weight is 289 g/mol. The summed E-state index contributed by atoms with van der Waals surface area (Å²) in [5.41, 5.74) is 2.46. The van der Waals surface area contributed by atoms with Crippen LogP contribution >= 0.6 is 11.6 Å². The molecule has 1 N–H and O–H groups in total. The van der Waals surface area contributed by atoms with E-state index in [4.69, 9.17) is 16.7 Å². The number of carboxylic acids is 1. The summed E-state index contributed by atoms with van der Waals surface area (Å²) in [5.74, 6) is -1.11. The van der Waals surface area contributed by atoms with Crippen LogP contribution in [0.1, 0.15) is 16.2 Å². The Morgan fingerprint density at radius 2 is 2.15 bits per heavy atom. The van der Waals surface area contributed by atoms with Gasteiger partial charge in [-0.15, -0.1) is 0 Å². The number of pyridine rings is 1. The van der Waals surface area contributed by atoms with Gasteiger partial charge < -0.3 is 5.11 Å². The lowest BCUT2D eigenvalue weighted by Crippen LogP contribution is -2.01. The zero-order chi connectivity index (χ0) is 14.3. The number of aryl methyl sites for hydroxylation is 1. The van der Waals surface area contributed by atoms with Gasteiger partial charge in [0.2, 0.25) is 0 Å². The Morgan fingerprint density at radius 3 is 2.80 bits per heavy atom. The second-order valence-electron chi connectivity index (χ2n) is 4.24. The van der Waals surface area contributed by atoms with Crippen LogP contribution in [0.15, 0.2) is 30.7 Å². The van der Waals surface area contributed by atoms with Crippen molar-refractivity contribution in [2.45, 2.75) is 6.92 Å². The topological polar surface area (TPSA) is 80.4 Å². The molecular weight excluding hydrogens is 280 g/mol. The molecule has 0 aromatic carbocycles. The van der Waals surface area contributed by atoms with Gasteiger partial charge in [-0.3, -0.25) is 4.40 Å². The largest absolute Gasteiger partial charge is 0.476 e. The van der Waals surface area contributed by atoms with Crippen LogP contribution in [0.5, 0.6) is 0 Å². The van der Waals surface area contributed by atoms with E-state index >= 15 is 0 Å². The lowest BCUT2D eigenvalue weighted by molar-refractivity contribution is 0.0693. The predicted octanol–water partition coefficient (Wildman–Crippen LogP) is 2.45. The Labute approximate surface area is 118 Å². The first-order valence-corrected chi connectivity index (χ1v) is 6.14. The molecule has 0 fully saturated rings. The summed E-state index contributed by atoms with van der Waals surface area (Å²) in [4.78, 5) is 23.4. The maximum atomic E-state index is 11.1. The molecule has 20 heavy (non-hydrogen) atoms. The third-order valence-electron chi connectivity index (χ3n) is 2.92. The van der Waals surface area contributed by atoms with Crippen molar-refractivity contribution in [2.75, 3.05) is 0 Å². The van der Waals surface area contributed by atoms with Crippen molar-refractivity contribution >= 4 is 23.2 Å². The summed E-state index contributed by atoms with van der Waals surface area (Å²) in [6.45, 7) is 1.86. The summed E-state index contributed by atoms with van der Waals surface area (Å²) in [7, 11) is 0. The van der Waals surface area contributed by atoms with Gasteiger partial charge in [-0.1, -0.05) is 11.6 Å². The van der Waals surface area contributed by atoms with Crippen molar-refractivity contribution in [1.29, 1.82) is 0 Å². The van der Waals surface area contributed by atoms with Gasteiger partial charge in [0.25, 0.3) is 0 Å². The average Bonchev–Trinajstić information content (AvgIpc) is 2.84. The van der Waals surface area contributed by atoms with Crippen molar-refractivity contribution in [3.05, 3.63) is 47.3 Å². The summed E-state index contributed by atoms with van der Waals surface area (Å²) in [6.07, 6.45) is 3.04. The highest BCUT2D eigenvalue weighted by atomic mass is 35.5. The van der Waals surface area contributed by atoms with Crippen LogP contribution in [0.2, 0.25) is 5.15 Å². The zero-order valence-electron chi connectivity index (χ0n) is 10.4. The van der Waals surface area contributed by atoms with Gasteiger partial charge in [0, 0.05) is 17.5 Å². The van der Waals surface area contributed by atoms with Crippen molar-refractivity contribution in [1.82, 2.24) is 19.4 Å². The number of hydrogen-bond acceptors (Lipinski definition) is 4. The van der Waals surface area contributed by atoms with Gasteiger partial charge in [-0.2, -0.15) is 0 Å². The highest BCUT2D eigenvalue weighted by Gasteiger charge is 2.15. The molecule has 0 unspecified atom stereocenters. The van der Waals surface area contributed by atoms with E-state index in [0.717, 1.165) is 11.3 Å². The van der Waals surface area contributed by atoms with Crippen LogP contribution in [0.25, 0.3) is 16.9 Å². The molecule has 0 radical (unpaired) electrons. The molecule has 0 saturated carbocycles. The minimum Gasteiger partial charge on any atom is -0.476 e. The van der Waals surface area contributed by atoms with Crippen LogP contribution in [-0.2, 0) is 0 Å². The van der Waals surface area contributed by atoms with Crippen molar-refractivity contribution in [3.8, 4) is 11.3 Å². The van der Waals surface area contributed by atoms with Crippen molar-refractivity contribution in [2.24, 2.45) is 0 Å². The fourth-order valence-corrected chi connectivity index (χ4v) is 2.06. The normalized spacial score (nSPS) is 10.9. The van der Waals surface area contributed by atoms with Gasteiger partial charge in [-0.05, 0) is 25.1 Å². The molecule has 0 aliphatic rings. The number of rotatable bonds is 2. The van der Waals surface area contributed by atoms with Crippen molar-refractivity contribution < 1.29 is 9.90 Å². The van der Waals surface area contributed by atoms with E-state index in [1.54, 1.807) is 22.7 Å². The lowest BCUT2D eigenvalue weighted by atomic mass is 10.2. The highest BCUT2D eigenvalue weighted by molar-refractivity contribution is 6.29. The lowest BCUT2D eigenvalue weighted by Gasteiger charge is -2.05. The van der Waals surface area contributed by atoms with Gasteiger partial charge in [0.05, 0.1) is 5.69 Å². The molecule has 0 atom stereocenters. The second-order valence-corrected chi connectivity index (χ2v) is 4.63. The number of halogens is 1. The Morgan fingerprint density at radius 1 is 1.35 bits per heavy atom. The first-order chi connectivity index (χ1) is 9.56. The maximum Gasteiger partial charge on any atom is 0.358 e. The van der Waals surface area contributed by atoms with Gasteiger partial charge >= 0.3 is 5.97 Å². The van der Waals surface area contributed by atoms with Crippen molar-refractivity contribution in [3.63, 3.8) is 0 Å². The molecule has 0 aliphatic carbocycles. The minimum absolute atomic E-state index is 0.0723. The molecule has 3 heterocycles. The number of carbonyl (C=O) groups is 1. The van der Waals surface area contributed by atoms with E-state index < -0.39 is 5.97 Å². The molecule has 7 heteroatoms. The predicted molar refractivity (Wildman–Crippen MR) is 72.9 cm³/mol. The monoisotopic (exact) mass is 288 g/mol. The van der Waals surface area contributed by atoms with Crippen LogP contribution < -0.4 is 0 Å². The number of carboxylic acid groups (broad SMARTS) is 1. The number of aromatic carboxylic acids is 1. The Bertz CT molecular complexity index is 811. The molecule has 0 amide bonds. The molecule has 0 aliphatic heterocycles. The minimum atomic E-state index is -1.11. The third kappa shape index (κ3) is 2.00. The van der Waals surface area contributed by atoms with E-state index in [-0.39, 0.29) is 5.69 Å². The summed E-state index contributed by atoms with van der Waals surface area (Å²) in [6, 6.07) is 5.28. The molecule has 3 aromatic rings. The summed E-state index contributed by atoms with van der Waals surface area (Å²) in [5, 5.41) is 9.51. The second kappa shape index (κ2) is 4.57. The van der Waals surface area contributed by atoms with Crippen LogP contribution in [-0.4, -0.2) is 30.4 Å². The van der Waals surface area contributed by atoms with Crippen LogP contribution in [0.3, 0.4) is 0 Å². The SMILES string of the molecule is Cc1cc(-c2ccc(Cl)nc2)nc2c(C(=O)O)ncn12. The molecule has 0 spiro atoms. The van der Waals surface area contributed by atoms with Crippen LogP contribution in [0, 0.1) is 6.92 Å². The molecule has 3 aromatic heterocycles. The molecule has 100 valence electrons. The fourth-order valence-electron chi connectivity index (χ4n) is 1.95. The smallest absolute Gasteiger partial charge is 0.358 e.